The molecular weight excluding hydrogens is 861 g/mol. The zero-order valence-electron chi connectivity index (χ0n) is 40.2. The third-order valence-corrected chi connectivity index (χ3v) is 13.2. The van der Waals surface area contributed by atoms with E-state index in [4.69, 9.17) is 37.4 Å². The van der Waals surface area contributed by atoms with E-state index < -0.39 is 32.3 Å². The van der Waals surface area contributed by atoms with Gasteiger partial charge in [0.25, 0.3) is 0 Å². The molecule has 3 aliphatic heterocycles. The number of halogens is 1. The lowest BCUT2D eigenvalue weighted by atomic mass is 9.49. The van der Waals surface area contributed by atoms with Crippen molar-refractivity contribution in [2.75, 3.05) is 36.1 Å². The molecule has 0 atom stereocenters. The summed E-state index contributed by atoms with van der Waals surface area (Å²) in [4.78, 5) is 48.4. The maximum atomic E-state index is 12.0. The van der Waals surface area contributed by atoms with Crippen LogP contribution < -0.4 is 15.3 Å². The van der Waals surface area contributed by atoms with Crippen molar-refractivity contribution in [1.82, 2.24) is 0 Å². The maximum absolute atomic E-state index is 12.0. The smallest absolute Gasteiger partial charge is 0.464 e. The van der Waals surface area contributed by atoms with Crippen LogP contribution in [0.4, 0.5) is 11.4 Å². The maximum Gasteiger partial charge on any atom is 0.495 e. The van der Waals surface area contributed by atoms with Crippen molar-refractivity contribution in [2.24, 2.45) is 0 Å². The van der Waals surface area contributed by atoms with Crippen molar-refractivity contribution in [2.45, 2.75) is 158 Å². The van der Waals surface area contributed by atoms with E-state index in [0.29, 0.717) is 13.1 Å². The Bertz CT molecular complexity index is 1860. The number of esters is 2. The minimum absolute atomic E-state index is 0.0797. The van der Waals surface area contributed by atoms with Gasteiger partial charge in [-0.05, 0) is 144 Å². The lowest BCUT2D eigenvalue weighted by Gasteiger charge is -2.32. The van der Waals surface area contributed by atoms with Crippen LogP contribution in [-0.4, -0.2) is 105 Å². The monoisotopic (exact) mass is 928 g/mol. The Hall–Kier alpha value is -3.25. The van der Waals surface area contributed by atoms with Crippen LogP contribution in [-0.2, 0) is 56.6 Å². The largest absolute Gasteiger partial charge is 0.495 e. The molecule has 0 N–H and O–H groups in total. The Labute approximate surface area is 379 Å². The second-order valence-electron chi connectivity index (χ2n) is 18.8. The van der Waals surface area contributed by atoms with Gasteiger partial charge in [-0.15, -0.1) is 0 Å². The molecule has 18 heteroatoms. The minimum Gasteiger partial charge on any atom is -0.464 e. The Kier molecular flexibility index (Phi) is 17.4. The van der Waals surface area contributed by atoms with Crippen LogP contribution in [0, 0.1) is 13.8 Å². The van der Waals surface area contributed by atoms with Crippen LogP contribution in [0.2, 0.25) is 0 Å². The van der Waals surface area contributed by atoms with Crippen LogP contribution in [0.25, 0.3) is 0 Å². The molecule has 3 aliphatic rings. The summed E-state index contributed by atoms with van der Waals surface area (Å²) in [6, 6.07) is 11.4. The highest BCUT2D eigenvalue weighted by molar-refractivity contribution is 9.10. The number of amides is 2. The van der Waals surface area contributed by atoms with Crippen molar-refractivity contribution in [3.8, 4) is 0 Å². The summed E-state index contributed by atoms with van der Waals surface area (Å²) < 4.78 is 46.9. The molecule has 0 unspecified atom stereocenters. The molecule has 5 rings (SSSR count). The lowest BCUT2D eigenvalue weighted by Crippen LogP contribution is -2.41. The predicted molar refractivity (Wildman–Crippen MR) is 247 cm³/mol. The van der Waals surface area contributed by atoms with Gasteiger partial charge in [-0.1, -0.05) is 22.0 Å². The summed E-state index contributed by atoms with van der Waals surface area (Å²) in [7, 11) is -1.40. The van der Waals surface area contributed by atoms with Gasteiger partial charge in [-0.2, -0.15) is 0 Å². The molecule has 62 heavy (non-hydrogen) atoms. The minimum atomic E-state index is -0.476. The van der Waals surface area contributed by atoms with E-state index in [0.717, 1.165) is 32.4 Å². The number of carbonyl (C=O) groups excluding carboxylic acids is 4. The van der Waals surface area contributed by atoms with Crippen molar-refractivity contribution < 1.29 is 56.6 Å². The molecule has 0 saturated carbocycles. The van der Waals surface area contributed by atoms with Gasteiger partial charge in [0, 0.05) is 43.5 Å². The van der Waals surface area contributed by atoms with Crippen LogP contribution in [0.5, 0.6) is 0 Å². The predicted octanol–water partition coefficient (Wildman–Crippen LogP) is 7.13. The molecule has 2 aromatic rings. The fourth-order valence-corrected chi connectivity index (χ4v) is 6.60. The third kappa shape index (κ3) is 13.2. The third-order valence-electron chi connectivity index (χ3n) is 12.3. The number of ether oxygens (including phenoxy) is 2. The number of rotatable bonds is 10. The fourth-order valence-electron chi connectivity index (χ4n) is 6.36. The first-order valence-corrected chi connectivity index (χ1v) is 21.8. The number of hydrogen-bond donors (Lipinski definition) is 0. The molecule has 342 valence electrons. The Morgan fingerprint density at radius 3 is 1.16 bits per heavy atom. The SMILES string of the molecule is CC(=O)OCCN(C(C)=O)c1ccc(B2OC(C)(C)C(C)(C)O2)c(C)c1.CC(=O)OCCN(C(C)=O)c1ccc(Br)c(C)c1.CC1(C)OB(B2OC(C)(C)C(C)(C)O2)OC1(C)C. The second kappa shape index (κ2) is 20.3. The molecule has 3 saturated heterocycles. The summed E-state index contributed by atoms with van der Waals surface area (Å²) in [6.45, 7) is 34.9. The van der Waals surface area contributed by atoms with Crippen molar-refractivity contribution in [3.63, 3.8) is 0 Å². The van der Waals surface area contributed by atoms with E-state index in [9.17, 15) is 19.2 Å². The first-order chi connectivity index (χ1) is 28.2. The molecule has 0 spiro atoms. The van der Waals surface area contributed by atoms with E-state index >= 15 is 0 Å². The van der Waals surface area contributed by atoms with Crippen LogP contribution in [0.15, 0.2) is 40.9 Å². The molecule has 3 heterocycles. The van der Waals surface area contributed by atoms with Gasteiger partial charge in [0.15, 0.2) is 0 Å². The Balaban J connectivity index is 0.000000255. The van der Waals surface area contributed by atoms with E-state index in [1.165, 1.54) is 27.7 Å². The average Bonchev–Trinajstić information content (AvgIpc) is 3.58. The molecule has 0 aromatic heterocycles. The van der Waals surface area contributed by atoms with Gasteiger partial charge < -0.3 is 47.2 Å². The van der Waals surface area contributed by atoms with Crippen LogP contribution in [0.3, 0.4) is 0 Å². The van der Waals surface area contributed by atoms with Gasteiger partial charge in [0.05, 0.1) is 46.7 Å². The Morgan fingerprint density at radius 2 is 0.855 bits per heavy atom. The topological polar surface area (TPSA) is 149 Å². The highest BCUT2D eigenvalue weighted by atomic mass is 79.9. The first-order valence-electron chi connectivity index (χ1n) is 21.0. The lowest BCUT2D eigenvalue weighted by molar-refractivity contribution is -0.141. The van der Waals surface area contributed by atoms with Crippen molar-refractivity contribution >= 4 is 77.7 Å². The average molecular weight is 929 g/mol. The van der Waals surface area contributed by atoms with E-state index in [2.05, 4.69) is 15.9 Å². The summed E-state index contributed by atoms with van der Waals surface area (Å²) in [5, 5.41) is 0. The number of nitrogens with zero attached hydrogens (tertiary/aromatic N) is 2. The van der Waals surface area contributed by atoms with Gasteiger partial charge in [-0.25, -0.2) is 0 Å². The molecule has 0 aliphatic carbocycles. The number of carbonyl (C=O) groups is 4. The summed E-state index contributed by atoms with van der Waals surface area (Å²) in [5.41, 5.74) is 2.27. The standard InChI is InChI=1S/C19H28BNO5.C13H16BrNO3.C12H24B2O4/c1-13-12-16(21(14(2)22)10-11-24-15(3)23)8-9-17(13)20-25-18(4,5)19(6,7)26-20;1-9-8-12(4-5-13(9)14)15(10(2)16)6-7-18-11(3)17;1-9(2)10(3,4)16-13(15-9)14-17-11(5,6)12(7,8)18-14/h8-9,12H,10-11H2,1-7H3;4-5,8H,6-7H2,1-3H3;1-8H3. The van der Waals surface area contributed by atoms with Crippen LogP contribution >= 0.6 is 15.9 Å². The van der Waals surface area contributed by atoms with Crippen molar-refractivity contribution in [3.05, 3.63) is 52.0 Å². The van der Waals surface area contributed by atoms with E-state index in [1.54, 1.807) is 9.80 Å². The fraction of sp³-hybridized carbons (Fsp3) is 0.636. The van der Waals surface area contributed by atoms with Gasteiger partial charge in [-0.3, -0.25) is 19.2 Å². The van der Waals surface area contributed by atoms with Gasteiger partial charge in [0.1, 0.15) is 13.2 Å². The molecule has 2 aromatic carbocycles. The second-order valence-corrected chi connectivity index (χ2v) is 19.7. The van der Waals surface area contributed by atoms with Gasteiger partial charge in [0.2, 0.25) is 11.8 Å². The van der Waals surface area contributed by atoms with E-state index in [1.807, 2.05) is 133 Å². The quantitative estimate of drug-likeness (QED) is 0.176. The number of anilines is 2. The summed E-state index contributed by atoms with van der Waals surface area (Å²) >= 11 is 3.41. The molecule has 0 radical (unpaired) electrons. The van der Waals surface area contributed by atoms with Gasteiger partial charge >= 0.3 is 33.1 Å². The molecular formula is C44H68B3BrN2O12. The van der Waals surface area contributed by atoms with Crippen LogP contribution in [0.1, 0.15) is 122 Å². The number of benzene rings is 2. The highest BCUT2D eigenvalue weighted by Gasteiger charge is 2.63. The molecule has 3 fully saturated rings. The Morgan fingerprint density at radius 1 is 0.532 bits per heavy atom. The zero-order valence-corrected chi connectivity index (χ0v) is 41.8. The molecule has 14 nitrogen and oxygen atoms in total. The zero-order chi connectivity index (χ0) is 47.4. The van der Waals surface area contributed by atoms with E-state index in [-0.39, 0.29) is 59.4 Å². The van der Waals surface area contributed by atoms with Crippen molar-refractivity contribution in [1.29, 1.82) is 0 Å². The number of aryl methyl sites for hydroxylation is 2. The highest BCUT2D eigenvalue weighted by Crippen LogP contribution is 2.43. The summed E-state index contributed by atoms with van der Waals surface area (Å²) in [6.07, 6.45) is 0. The molecule has 0 bridgehead atoms. The summed E-state index contributed by atoms with van der Waals surface area (Å²) in [5.74, 6) is -0.893. The normalized spacial score (nSPS) is 19.7. The first kappa shape index (κ1) is 53.1. The number of hydrogen-bond acceptors (Lipinski definition) is 12. The molecule has 2 amide bonds.